The summed E-state index contributed by atoms with van der Waals surface area (Å²) in [7, 11) is 0. The maximum Gasteiger partial charge on any atom is 0.356 e. The summed E-state index contributed by atoms with van der Waals surface area (Å²) in [4.78, 5) is 12.0. The predicted molar refractivity (Wildman–Crippen MR) is 76.1 cm³/mol. The fraction of sp³-hybridized carbons (Fsp3) is 0.133. The van der Waals surface area contributed by atoms with Crippen molar-refractivity contribution in [2.45, 2.75) is 6.10 Å². The Hall–Kier alpha value is -2.08. The molecule has 1 aliphatic heterocycles. The van der Waals surface area contributed by atoms with Gasteiger partial charge in [-0.05, 0) is 30.3 Å². The summed E-state index contributed by atoms with van der Waals surface area (Å²) in [6.45, 7) is 0.0218. The van der Waals surface area contributed by atoms with Crippen LogP contribution in [0.1, 0.15) is 0 Å². The number of esters is 1. The number of rotatable bonds is 2. The topological polar surface area (TPSA) is 44.8 Å². The van der Waals surface area contributed by atoms with Gasteiger partial charge >= 0.3 is 5.97 Å². The monoisotopic (exact) mass is 352 g/mol. The van der Waals surface area contributed by atoms with E-state index in [1.807, 2.05) is 0 Å². The van der Waals surface area contributed by atoms with E-state index in [0.717, 1.165) is 0 Å². The van der Waals surface area contributed by atoms with Gasteiger partial charge in [0.2, 0.25) is 6.10 Å². The van der Waals surface area contributed by atoms with Crippen molar-refractivity contribution in [2.75, 3.05) is 6.61 Å². The normalized spacial score (nSPS) is 16.4. The third kappa shape index (κ3) is 3.00. The molecule has 0 unspecified atom stereocenters. The molecule has 6 heteroatoms. The zero-order chi connectivity index (χ0) is 14.8. The Morgan fingerprint density at radius 3 is 2.76 bits per heavy atom. The molecule has 2 aromatic carbocycles. The van der Waals surface area contributed by atoms with Gasteiger partial charge in [-0.2, -0.15) is 0 Å². The van der Waals surface area contributed by atoms with Gasteiger partial charge in [-0.25, -0.2) is 9.18 Å². The number of fused-ring (bicyclic) bond motifs is 1. The minimum Gasteiger partial charge on any atom is -0.485 e. The van der Waals surface area contributed by atoms with Crippen LogP contribution < -0.4 is 14.2 Å². The van der Waals surface area contributed by atoms with Crippen LogP contribution in [0.2, 0.25) is 0 Å². The zero-order valence-electron chi connectivity index (χ0n) is 10.7. The number of hydrogen-bond acceptors (Lipinski definition) is 4. The second-order valence-corrected chi connectivity index (χ2v) is 5.28. The lowest BCUT2D eigenvalue weighted by molar-refractivity contribution is -0.144. The molecule has 3 rings (SSSR count). The molecule has 0 spiro atoms. The maximum atomic E-state index is 13.6. The smallest absolute Gasteiger partial charge is 0.356 e. The first-order chi connectivity index (χ1) is 10.1. The molecule has 0 bridgehead atoms. The van der Waals surface area contributed by atoms with Crippen molar-refractivity contribution in [3.05, 3.63) is 52.8 Å². The van der Waals surface area contributed by atoms with Crippen molar-refractivity contribution >= 4 is 21.9 Å². The van der Waals surface area contributed by atoms with Gasteiger partial charge in [0, 0.05) is 4.47 Å². The van der Waals surface area contributed by atoms with Gasteiger partial charge in [0.1, 0.15) is 6.61 Å². The maximum absolute atomic E-state index is 13.6. The number of benzene rings is 2. The zero-order valence-corrected chi connectivity index (χ0v) is 12.3. The summed E-state index contributed by atoms with van der Waals surface area (Å²) < 4.78 is 30.1. The summed E-state index contributed by atoms with van der Waals surface area (Å²) in [5, 5.41) is 0. The number of carbonyl (C=O) groups is 1. The van der Waals surface area contributed by atoms with Gasteiger partial charge in [0.05, 0.1) is 0 Å². The minimum absolute atomic E-state index is 0.0218. The Bertz CT molecular complexity index is 689. The van der Waals surface area contributed by atoms with Gasteiger partial charge < -0.3 is 14.2 Å². The van der Waals surface area contributed by atoms with Crippen LogP contribution >= 0.6 is 15.9 Å². The van der Waals surface area contributed by atoms with Crippen LogP contribution in [0.25, 0.3) is 0 Å². The molecule has 0 saturated heterocycles. The minimum atomic E-state index is -0.928. The van der Waals surface area contributed by atoms with E-state index in [2.05, 4.69) is 15.9 Å². The van der Waals surface area contributed by atoms with Crippen LogP contribution in [0.5, 0.6) is 17.2 Å². The highest BCUT2D eigenvalue weighted by Gasteiger charge is 2.29. The van der Waals surface area contributed by atoms with E-state index in [1.165, 1.54) is 12.1 Å². The number of carbonyl (C=O) groups excluding carboxylic acids is 1. The first-order valence-corrected chi connectivity index (χ1v) is 6.98. The molecule has 1 aliphatic rings. The molecule has 4 nitrogen and oxygen atoms in total. The van der Waals surface area contributed by atoms with E-state index in [-0.39, 0.29) is 12.4 Å². The predicted octanol–water partition coefficient (Wildman–Crippen LogP) is 3.33. The van der Waals surface area contributed by atoms with Crippen LogP contribution in [0.15, 0.2) is 46.9 Å². The van der Waals surface area contributed by atoms with Crippen molar-refractivity contribution in [3.63, 3.8) is 0 Å². The number of ether oxygens (including phenoxy) is 3. The van der Waals surface area contributed by atoms with Gasteiger partial charge in [-0.1, -0.05) is 28.1 Å². The molecule has 0 radical (unpaired) electrons. The molecule has 0 amide bonds. The lowest BCUT2D eigenvalue weighted by Crippen LogP contribution is -2.39. The van der Waals surface area contributed by atoms with E-state index in [1.54, 1.807) is 30.3 Å². The molecule has 1 atom stereocenters. The molecule has 0 aromatic heterocycles. The average molecular weight is 353 g/mol. The lowest BCUT2D eigenvalue weighted by Gasteiger charge is -2.24. The van der Waals surface area contributed by atoms with Crippen molar-refractivity contribution in [3.8, 4) is 17.2 Å². The average Bonchev–Trinajstić information content (AvgIpc) is 2.49. The second-order valence-electron chi connectivity index (χ2n) is 4.36. The third-order valence-corrected chi connectivity index (χ3v) is 3.37. The Morgan fingerprint density at radius 2 is 2.00 bits per heavy atom. The summed E-state index contributed by atoms with van der Waals surface area (Å²) in [5.41, 5.74) is 0. The number of hydrogen-bond donors (Lipinski definition) is 0. The van der Waals surface area contributed by atoms with E-state index in [0.29, 0.717) is 16.0 Å². The highest BCUT2D eigenvalue weighted by molar-refractivity contribution is 9.10. The summed E-state index contributed by atoms with van der Waals surface area (Å²) in [5.74, 6) is -0.454. The lowest BCUT2D eigenvalue weighted by atomic mass is 10.2. The molecule has 108 valence electrons. The molecule has 0 saturated carbocycles. The Morgan fingerprint density at radius 1 is 1.24 bits per heavy atom. The van der Waals surface area contributed by atoms with E-state index < -0.39 is 17.9 Å². The first kappa shape index (κ1) is 13.9. The van der Waals surface area contributed by atoms with Gasteiger partial charge in [-0.15, -0.1) is 0 Å². The van der Waals surface area contributed by atoms with Gasteiger partial charge in [0.25, 0.3) is 0 Å². The van der Waals surface area contributed by atoms with E-state index in [4.69, 9.17) is 14.2 Å². The number of para-hydroxylation sites is 2. The van der Waals surface area contributed by atoms with Crippen LogP contribution in [0.3, 0.4) is 0 Å². The van der Waals surface area contributed by atoms with Crippen LogP contribution in [0, 0.1) is 5.82 Å². The van der Waals surface area contributed by atoms with Gasteiger partial charge in [-0.3, -0.25) is 0 Å². The SMILES string of the molecule is O=C(Oc1ccc(Br)cc1F)[C@H]1COc2ccccc2O1. The Kier molecular flexibility index (Phi) is 3.79. The van der Waals surface area contributed by atoms with Crippen molar-refractivity contribution in [1.82, 2.24) is 0 Å². The fourth-order valence-corrected chi connectivity index (χ4v) is 2.20. The van der Waals surface area contributed by atoms with Crippen LogP contribution in [-0.2, 0) is 4.79 Å². The number of halogens is 2. The first-order valence-electron chi connectivity index (χ1n) is 6.19. The fourth-order valence-electron chi connectivity index (χ4n) is 1.87. The standard InChI is InChI=1S/C15H10BrFO4/c16-9-5-6-11(10(17)7-9)21-15(18)14-8-19-12-3-1-2-4-13(12)20-14/h1-7,14H,8H2/t14-/m1/s1. The molecule has 0 aliphatic carbocycles. The molecule has 2 aromatic rings. The quantitative estimate of drug-likeness (QED) is 0.614. The summed E-state index contributed by atoms with van der Waals surface area (Å²) in [6.07, 6.45) is -0.928. The summed E-state index contributed by atoms with van der Waals surface area (Å²) >= 11 is 3.13. The van der Waals surface area contributed by atoms with E-state index in [9.17, 15) is 9.18 Å². The Balaban J connectivity index is 1.72. The van der Waals surface area contributed by atoms with Crippen molar-refractivity contribution < 1.29 is 23.4 Å². The highest BCUT2D eigenvalue weighted by Crippen LogP contribution is 2.31. The molecule has 0 N–H and O–H groups in total. The Labute approximate surface area is 128 Å². The van der Waals surface area contributed by atoms with Crippen LogP contribution in [0.4, 0.5) is 4.39 Å². The summed E-state index contributed by atoms with van der Waals surface area (Å²) in [6, 6.07) is 11.2. The van der Waals surface area contributed by atoms with E-state index >= 15 is 0 Å². The largest absolute Gasteiger partial charge is 0.485 e. The highest BCUT2D eigenvalue weighted by atomic mass is 79.9. The molecule has 0 fully saturated rings. The van der Waals surface area contributed by atoms with Gasteiger partial charge in [0.15, 0.2) is 23.1 Å². The molecule has 21 heavy (non-hydrogen) atoms. The van der Waals surface area contributed by atoms with Crippen molar-refractivity contribution in [1.29, 1.82) is 0 Å². The van der Waals surface area contributed by atoms with Crippen molar-refractivity contribution in [2.24, 2.45) is 0 Å². The third-order valence-electron chi connectivity index (χ3n) is 2.88. The van der Waals surface area contributed by atoms with Crippen LogP contribution in [-0.4, -0.2) is 18.7 Å². The molecular formula is C15H10BrFO4. The molecular weight excluding hydrogens is 343 g/mol. The second kappa shape index (κ2) is 5.73. The molecule has 1 heterocycles.